The smallest absolute Gasteiger partial charge is 0.416 e. The van der Waals surface area contributed by atoms with Gasteiger partial charge in [0.25, 0.3) is 0 Å². The fraction of sp³-hybridized carbons (Fsp3) is 0.273. The molecule has 0 saturated heterocycles. The number of esters is 1. The molecule has 0 aromatic heterocycles. The van der Waals surface area contributed by atoms with Crippen LogP contribution in [0.15, 0.2) is 53.6 Å². The molecule has 8 nitrogen and oxygen atoms in total. The number of hydrazone groups is 1. The number of halogens is 3. The highest BCUT2D eigenvalue weighted by molar-refractivity contribution is 5.93. The van der Waals surface area contributed by atoms with Gasteiger partial charge in [0.15, 0.2) is 6.61 Å². The Kier molecular flexibility index (Phi) is 9.40. The number of amides is 2. The number of benzene rings is 2. The number of nitrogens with zero attached hydrogens (tertiary/aromatic N) is 1. The lowest BCUT2D eigenvalue weighted by atomic mass is 10.2. The van der Waals surface area contributed by atoms with E-state index in [1.165, 1.54) is 18.3 Å². The van der Waals surface area contributed by atoms with Crippen molar-refractivity contribution in [3.63, 3.8) is 0 Å². The summed E-state index contributed by atoms with van der Waals surface area (Å²) in [5.74, 6) is -1.17. The first-order valence-electron chi connectivity index (χ1n) is 9.85. The Morgan fingerprint density at radius 2 is 1.73 bits per heavy atom. The lowest BCUT2D eigenvalue weighted by Crippen LogP contribution is -2.20. The molecule has 0 spiro atoms. The highest BCUT2D eigenvalue weighted by Crippen LogP contribution is 2.30. The van der Waals surface area contributed by atoms with E-state index < -0.39 is 29.5 Å². The van der Waals surface area contributed by atoms with Crippen molar-refractivity contribution < 1.29 is 37.0 Å². The molecule has 2 rings (SSSR count). The summed E-state index contributed by atoms with van der Waals surface area (Å²) < 4.78 is 48.1. The van der Waals surface area contributed by atoms with E-state index in [-0.39, 0.29) is 31.7 Å². The highest BCUT2D eigenvalue weighted by Gasteiger charge is 2.30. The van der Waals surface area contributed by atoms with Crippen molar-refractivity contribution >= 4 is 29.7 Å². The average Bonchev–Trinajstić information content (AvgIpc) is 2.77. The molecule has 2 N–H and O–H groups in total. The summed E-state index contributed by atoms with van der Waals surface area (Å²) in [6, 6.07) is 10.7. The Morgan fingerprint density at radius 1 is 1.03 bits per heavy atom. The second kappa shape index (κ2) is 12.2. The van der Waals surface area contributed by atoms with E-state index in [1.54, 1.807) is 31.2 Å². The third-order valence-corrected chi connectivity index (χ3v) is 4.00. The summed E-state index contributed by atoms with van der Waals surface area (Å²) in [7, 11) is 0. The molecule has 0 fully saturated rings. The molecular formula is C22H22F3N3O5. The van der Waals surface area contributed by atoms with Crippen LogP contribution in [0.4, 0.5) is 18.9 Å². The van der Waals surface area contributed by atoms with E-state index >= 15 is 0 Å². The van der Waals surface area contributed by atoms with Gasteiger partial charge in [-0.05, 0) is 55.0 Å². The van der Waals surface area contributed by atoms with Crippen LogP contribution in [0, 0.1) is 0 Å². The van der Waals surface area contributed by atoms with Crippen molar-refractivity contribution in [1.29, 1.82) is 0 Å². The first kappa shape index (κ1) is 25.4. The predicted octanol–water partition coefficient (Wildman–Crippen LogP) is 3.52. The molecule has 0 bridgehead atoms. The van der Waals surface area contributed by atoms with Gasteiger partial charge >= 0.3 is 12.1 Å². The van der Waals surface area contributed by atoms with Crippen LogP contribution in [0.1, 0.15) is 30.9 Å². The van der Waals surface area contributed by atoms with Crippen molar-refractivity contribution in [1.82, 2.24) is 5.43 Å². The Morgan fingerprint density at radius 3 is 2.39 bits per heavy atom. The maximum absolute atomic E-state index is 12.7. The second-order valence-corrected chi connectivity index (χ2v) is 6.58. The first-order chi connectivity index (χ1) is 15.7. The zero-order valence-corrected chi connectivity index (χ0v) is 17.6. The molecule has 0 heterocycles. The number of carbonyl (C=O) groups is 3. The summed E-state index contributed by atoms with van der Waals surface area (Å²) in [6.07, 6.45) is -3.59. The Bertz CT molecular complexity index is 992. The van der Waals surface area contributed by atoms with E-state index in [0.29, 0.717) is 11.3 Å². The molecule has 33 heavy (non-hydrogen) atoms. The summed E-state index contributed by atoms with van der Waals surface area (Å²) in [5.41, 5.74) is 2.00. The molecule has 2 aromatic carbocycles. The molecule has 0 aliphatic rings. The van der Waals surface area contributed by atoms with Crippen molar-refractivity contribution in [2.45, 2.75) is 25.9 Å². The molecule has 0 saturated carbocycles. The lowest BCUT2D eigenvalue weighted by Gasteiger charge is -2.09. The van der Waals surface area contributed by atoms with E-state index in [9.17, 15) is 27.6 Å². The van der Waals surface area contributed by atoms with Gasteiger partial charge in [-0.3, -0.25) is 9.59 Å². The van der Waals surface area contributed by atoms with Gasteiger partial charge in [-0.15, -0.1) is 0 Å². The fourth-order valence-electron chi connectivity index (χ4n) is 2.45. The molecule has 0 radical (unpaired) electrons. The van der Waals surface area contributed by atoms with Gasteiger partial charge in [0, 0.05) is 18.5 Å². The summed E-state index contributed by atoms with van der Waals surface area (Å²) in [6.45, 7) is 1.75. The van der Waals surface area contributed by atoms with Gasteiger partial charge in [0.2, 0.25) is 11.8 Å². The second-order valence-electron chi connectivity index (χ2n) is 6.58. The number of alkyl halides is 3. The van der Waals surface area contributed by atoms with Gasteiger partial charge in [-0.25, -0.2) is 10.2 Å². The maximum Gasteiger partial charge on any atom is 0.416 e. The summed E-state index contributed by atoms with van der Waals surface area (Å²) in [4.78, 5) is 35.0. The van der Waals surface area contributed by atoms with Crippen LogP contribution < -0.4 is 15.5 Å². The molecule has 0 aliphatic heterocycles. The SMILES string of the molecule is CCOC(=O)COc1ccc(C=NNC(=O)CCC(=O)Nc2cccc(C(F)(F)F)c2)cc1. The van der Waals surface area contributed by atoms with Crippen LogP contribution >= 0.6 is 0 Å². The van der Waals surface area contributed by atoms with E-state index in [2.05, 4.69) is 15.8 Å². The predicted molar refractivity (Wildman–Crippen MR) is 114 cm³/mol. The van der Waals surface area contributed by atoms with Crippen LogP contribution in [0.25, 0.3) is 0 Å². The maximum atomic E-state index is 12.7. The molecule has 0 atom stereocenters. The Labute approximate surface area is 187 Å². The van der Waals surface area contributed by atoms with Crippen LogP contribution in [0.5, 0.6) is 5.75 Å². The number of ether oxygens (including phenoxy) is 2. The molecule has 176 valence electrons. The molecule has 2 aromatic rings. The van der Waals surface area contributed by atoms with Gasteiger partial charge in [0.05, 0.1) is 18.4 Å². The molecule has 2 amide bonds. The van der Waals surface area contributed by atoms with Crippen molar-refractivity contribution in [3.8, 4) is 5.75 Å². The number of hydrogen-bond donors (Lipinski definition) is 2. The minimum absolute atomic E-state index is 0.0112. The zero-order chi connectivity index (χ0) is 24.3. The molecular weight excluding hydrogens is 443 g/mol. The van der Waals surface area contributed by atoms with Gasteiger partial charge in [0.1, 0.15) is 5.75 Å². The third kappa shape index (κ3) is 9.42. The number of hydrogen-bond acceptors (Lipinski definition) is 6. The van der Waals surface area contributed by atoms with E-state index in [0.717, 1.165) is 12.1 Å². The zero-order valence-electron chi connectivity index (χ0n) is 17.6. The normalized spacial score (nSPS) is 11.2. The minimum atomic E-state index is -4.52. The standard InChI is InChI=1S/C22H22F3N3O5/c1-2-32-21(31)14-33-18-8-6-15(7-9-18)13-26-28-20(30)11-10-19(29)27-17-5-3-4-16(12-17)22(23,24)25/h3-9,12-13H,2,10-11,14H2,1H3,(H,27,29)(H,28,30). The van der Waals surface area contributed by atoms with Gasteiger partial charge < -0.3 is 14.8 Å². The molecule has 0 aliphatic carbocycles. The highest BCUT2D eigenvalue weighted by atomic mass is 19.4. The Balaban J connectivity index is 1.73. The topological polar surface area (TPSA) is 106 Å². The minimum Gasteiger partial charge on any atom is -0.482 e. The fourth-order valence-corrected chi connectivity index (χ4v) is 2.45. The van der Waals surface area contributed by atoms with Gasteiger partial charge in [-0.1, -0.05) is 6.07 Å². The van der Waals surface area contributed by atoms with Crippen molar-refractivity contribution in [2.75, 3.05) is 18.5 Å². The summed E-state index contributed by atoms with van der Waals surface area (Å²) >= 11 is 0. The van der Waals surface area contributed by atoms with Crippen LogP contribution in [-0.4, -0.2) is 37.2 Å². The van der Waals surface area contributed by atoms with Crippen LogP contribution in [0.3, 0.4) is 0 Å². The number of carbonyl (C=O) groups excluding carboxylic acids is 3. The van der Waals surface area contributed by atoms with Crippen molar-refractivity contribution in [2.24, 2.45) is 5.10 Å². The average molecular weight is 465 g/mol. The number of nitrogens with one attached hydrogen (secondary N) is 2. The monoisotopic (exact) mass is 465 g/mol. The number of anilines is 1. The summed E-state index contributed by atoms with van der Waals surface area (Å²) in [5, 5.41) is 6.10. The first-order valence-corrected chi connectivity index (χ1v) is 9.85. The number of rotatable bonds is 10. The third-order valence-electron chi connectivity index (χ3n) is 4.00. The largest absolute Gasteiger partial charge is 0.482 e. The van der Waals surface area contributed by atoms with Crippen LogP contribution in [-0.2, 0) is 25.3 Å². The van der Waals surface area contributed by atoms with E-state index in [1.807, 2.05) is 0 Å². The lowest BCUT2D eigenvalue weighted by molar-refractivity contribution is -0.145. The van der Waals surface area contributed by atoms with Crippen LogP contribution in [0.2, 0.25) is 0 Å². The van der Waals surface area contributed by atoms with Gasteiger partial charge in [-0.2, -0.15) is 18.3 Å². The Hall–Kier alpha value is -3.89. The quantitative estimate of drug-likeness (QED) is 0.317. The molecule has 0 unspecified atom stereocenters. The van der Waals surface area contributed by atoms with E-state index in [4.69, 9.17) is 9.47 Å². The molecule has 11 heteroatoms. The van der Waals surface area contributed by atoms with Crippen molar-refractivity contribution in [3.05, 3.63) is 59.7 Å².